The molecule has 0 aromatic heterocycles. The Kier molecular flexibility index (Phi) is 27.3. The van der Waals surface area contributed by atoms with E-state index in [0.717, 1.165) is 14.7 Å². The zero-order valence-corrected chi connectivity index (χ0v) is 53.3. The highest BCUT2D eigenvalue weighted by Crippen LogP contribution is 2.26. The lowest BCUT2D eigenvalue weighted by molar-refractivity contribution is -0.157. The lowest BCUT2D eigenvalue weighted by Crippen LogP contribution is -2.63. The predicted molar refractivity (Wildman–Crippen MR) is 317 cm³/mol. The summed E-state index contributed by atoms with van der Waals surface area (Å²) in [6, 6.07) is -6.21. The van der Waals surface area contributed by atoms with Crippen molar-refractivity contribution in [2.75, 3.05) is 55.4 Å². The molecule has 2 aliphatic heterocycles. The first kappa shape index (κ1) is 71.9. The molecule has 476 valence electrons. The molecular formula is C60H97N11O14. The van der Waals surface area contributed by atoms with Crippen LogP contribution in [0.3, 0.4) is 0 Å². The highest BCUT2D eigenvalue weighted by atomic mass is 16.5. The summed E-state index contributed by atoms with van der Waals surface area (Å²) >= 11 is 0. The molecule has 1 aromatic rings. The number of carboxylic acids is 1. The van der Waals surface area contributed by atoms with Crippen LogP contribution in [0.2, 0.25) is 0 Å². The zero-order chi connectivity index (χ0) is 64.6. The Morgan fingerprint density at radius 1 is 0.565 bits per heavy atom. The normalized spacial score (nSPS) is 27.1. The van der Waals surface area contributed by atoms with E-state index in [1.165, 1.54) is 70.9 Å². The van der Waals surface area contributed by atoms with Crippen LogP contribution in [-0.2, 0) is 64.0 Å². The number of nitrogens with one attached hydrogen (secondary N) is 5. The molecular weight excluding hydrogens is 1100 g/mol. The fourth-order valence-corrected chi connectivity index (χ4v) is 11.2. The average molecular weight is 1200 g/mol. The third-order valence-electron chi connectivity index (χ3n) is 16.7. The van der Waals surface area contributed by atoms with Gasteiger partial charge in [0.15, 0.2) is 0 Å². The number of carbonyl (C=O) groups is 12. The van der Waals surface area contributed by atoms with Crippen molar-refractivity contribution in [2.24, 2.45) is 29.6 Å². The number of likely N-dealkylation sites (N-methyl/N-ethyl adjacent to an activating group) is 5. The molecule has 2 heterocycles. The van der Waals surface area contributed by atoms with Crippen molar-refractivity contribution in [2.45, 2.75) is 188 Å². The molecule has 1 aromatic carbocycles. The van der Waals surface area contributed by atoms with E-state index >= 15 is 0 Å². The Morgan fingerprint density at radius 3 is 1.61 bits per heavy atom. The maximum Gasteiger partial charge on any atom is 0.305 e. The number of methoxy groups -OCH3 is 1. The van der Waals surface area contributed by atoms with E-state index in [4.69, 9.17) is 4.74 Å². The van der Waals surface area contributed by atoms with Gasteiger partial charge < -0.3 is 65.8 Å². The number of nitrogens with zero attached hydrogens (tertiary/aromatic N) is 6. The number of hydrogen-bond donors (Lipinski definition) is 6. The van der Waals surface area contributed by atoms with E-state index in [1.807, 2.05) is 0 Å². The highest BCUT2D eigenvalue weighted by molar-refractivity contribution is 6.00. The van der Waals surface area contributed by atoms with Crippen LogP contribution in [0.5, 0.6) is 5.75 Å². The number of aliphatic carboxylic acids is 1. The topological polar surface area (TPSA) is 314 Å². The van der Waals surface area contributed by atoms with Crippen LogP contribution >= 0.6 is 0 Å². The van der Waals surface area contributed by atoms with Crippen LogP contribution in [0.15, 0.2) is 24.3 Å². The van der Waals surface area contributed by atoms with Crippen LogP contribution in [-0.4, -0.2) is 221 Å². The summed E-state index contributed by atoms with van der Waals surface area (Å²) in [5, 5.41) is 23.7. The zero-order valence-electron chi connectivity index (χ0n) is 53.3. The van der Waals surface area contributed by atoms with Crippen molar-refractivity contribution in [1.82, 2.24) is 56.0 Å². The maximum absolute atomic E-state index is 15.0. The smallest absolute Gasteiger partial charge is 0.305 e. The lowest BCUT2D eigenvalue weighted by Gasteiger charge is -2.41. The molecule has 0 saturated carbocycles. The fraction of sp³-hybridized carbons (Fsp3) is 0.700. The van der Waals surface area contributed by atoms with E-state index in [2.05, 4.69) is 26.6 Å². The van der Waals surface area contributed by atoms with Crippen LogP contribution in [0.25, 0.3) is 0 Å². The van der Waals surface area contributed by atoms with Crippen LogP contribution in [0.4, 0.5) is 0 Å². The Hall–Kier alpha value is -7.34. The number of carboxylic acid groups (broad SMARTS) is 1. The Labute approximate surface area is 501 Å². The van der Waals surface area contributed by atoms with Gasteiger partial charge in [-0.2, -0.15) is 0 Å². The third kappa shape index (κ3) is 18.3. The monoisotopic (exact) mass is 1200 g/mol. The van der Waals surface area contributed by atoms with Crippen LogP contribution < -0.4 is 31.3 Å². The molecule has 0 aliphatic carbocycles. The van der Waals surface area contributed by atoms with Gasteiger partial charge in [0.1, 0.15) is 66.2 Å². The minimum atomic E-state index is -1.71. The Morgan fingerprint density at radius 2 is 1.08 bits per heavy atom. The van der Waals surface area contributed by atoms with Crippen molar-refractivity contribution in [1.29, 1.82) is 0 Å². The van der Waals surface area contributed by atoms with E-state index in [0.29, 0.717) is 37.0 Å². The van der Waals surface area contributed by atoms with Gasteiger partial charge in [-0.3, -0.25) is 57.5 Å². The van der Waals surface area contributed by atoms with Crippen molar-refractivity contribution in [3.8, 4) is 5.75 Å². The first-order valence-electron chi connectivity index (χ1n) is 29.7. The lowest BCUT2D eigenvalue weighted by atomic mass is 9.92. The van der Waals surface area contributed by atoms with Gasteiger partial charge in [-0.15, -0.1) is 0 Å². The SMILES string of the molecule is CCC(C)[C@H]1C(=O)NCC(=O)N(C)[C@@H](C(C)C)C(=O)N[C@@H](Cc2ccc(OC)cc2)C(=O)N[C@@H](C)C(=O)N[C@@H](C)C(=O)N2CCCCC2C(=O)N(C)[C@@H](C(C)C)C(=O)N[C@@H](C(C)C)C(=O)N(C)[C@@H](CC(=O)O)C(=O)N(C)[C@@H](C(C)CC)C(=O)N1C. The van der Waals surface area contributed by atoms with E-state index < -0.39 is 174 Å². The van der Waals surface area contributed by atoms with Crippen molar-refractivity contribution in [3.05, 3.63) is 29.8 Å². The molecule has 2 fully saturated rings. The molecule has 0 radical (unpaired) electrons. The molecule has 6 N–H and O–H groups in total. The maximum atomic E-state index is 15.0. The third-order valence-corrected chi connectivity index (χ3v) is 16.7. The molecule has 2 saturated heterocycles. The van der Waals surface area contributed by atoms with Gasteiger partial charge in [0.05, 0.1) is 20.1 Å². The Bertz CT molecular complexity index is 2560. The quantitative estimate of drug-likeness (QED) is 0.173. The first-order valence-corrected chi connectivity index (χ1v) is 29.7. The highest BCUT2D eigenvalue weighted by Gasteiger charge is 2.46. The number of carbonyl (C=O) groups excluding carboxylic acids is 11. The van der Waals surface area contributed by atoms with Crippen molar-refractivity contribution < 1.29 is 67.4 Å². The first-order chi connectivity index (χ1) is 39.7. The van der Waals surface area contributed by atoms with Crippen LogP contribution in [0.1, 0.15) is 127 Å². The molecule has 12 atom stereocenters. The largest absolute Gasteiger partial charge is 0.497 e. The number of fused-ring (bicyclic) bond motifs is 1. The Balaban J connectivity index is 2.25. The van der Waals surface area contributed by atoms with Gasteiger partial charge in [0.2, 0.25) is 65.0 Å². The van der Waals surface area contributed by atoms with E-state index in [9.17, 15) is 62.6 Å². The molecule has 25 heteroatoms. The van der Waals surface area contributed by atoms with Gasteiger partial charge in [-0.05, 0) is 80.4 Å². The minimum absolute atomic E-state index is 0.0804. The van der Waals surface area contributed by atoms with Gasteiger partial charge in [0, 0.05) is 48.2 Å². The number of amides is 11. The molecule has 85 heavy (non-hydrogen) atoms. The van der Waals surface area contributed by atoms with E-state index in [1.54, 1.807) is 93.5 Å². The van der Waals surface area contributed by atoms with Gasteiger partial charge in [0.25, 0.3) is 0 Å². The predicted octanol–water partition coefficient (Wildman–Crippen LogP) is 1.40. The second-order valence-corrected chi connectivity index (χ2v) is 24.0. The number of ether oxygens (including phenoxy) is 1. The summed E-state index contributed by atoms with van der Waals surface area (Å²) in [6.07, 6.45) is 1.02. The van der Waals surface area contributed by atoms with Crippen LogP contribution in [0, 0.1) is 29.6 Å². The number of hydrogen-bond acceptors (Lipinski definition) is 13. The summed E-state index contributed by atoms with van der Waals surface area (Å²) < 4.78 is 5.31. The number of piperidine rings is 1. The molecule has 25 nitrogen and oxygen atoms in total. The molecule has 0 bridgehead atoms. The molecule has 3 unspecified atom stereocenters. The summed E-state index contributed by atoms with van der Waals surface area (Å²) in [7, 11) is 8.21. The van der Waals surface area contributed by atoms with Crippen molar-refractivity contribution in [3.63, 3.8) is 0 Å². The summed E-state index contributed by atoms with van der Waals surface area (Å²) in [6.45, 7) is 19.4. The van der Waals surface area contributed by atoms with Gasteiger partial charge in [-0.1, -0.05) is 94.2 Å². The summed E-state index contributed by atoms with van der Waals surface area (Å²) in [5.41, 5.74) is 0.596. The van der Waals surface area contributed by atoms with Crippen molar-refractivity contribution >= 4 is 70.9 Å². The van der Waals surface area contributed by atoms with E-state index in [-0.39, 0.29) is 19.4 Å². The number of rotatable bonds is 12. The molecule has 3 rings (SSSR count). The molecule has 0 spiro atoms. The average Bonchev–Trinajstić information content (AvgIpc) is 3.65. The molecule has 2 aliphatic rings. The summed E-state index contributed by atoms with van der Waals surface area (Å²) in [4.78, 5) is 179. The fourth-order valence-electron chi connectivity index (χ4n) is 11.2. The number of benzene rings is 1. The second kappa shape index (κ2) is 32.2. The summed E-state index contributed by atoms with van der Waals surface area (Å²) in [5.74, 6) is -11.9. The molecule has 11 amide bonds. The van der Waals surface area contributed by atoms with Gasteiger partial charge >= 0.3 is 5.97 Å². The minimum Gasteiger partial charge on any atom is -0.497 e. The second-order valence-electron chi connectivity index (χ2n) is 24.0. The van der Waals surface area contributed by atoms with Gasteiger partial charge in [-0.25, -0.2) is 0 Å². The standard InChI is InChI=1S/C60H97N11O14/c1-19-35(9)49-53(77)61-31-44(72)67(14)47(33(5)6)54(78)64-41(29-39-24-26-40(85-18)27-25-39)52(76)62-37(11)51(75)63-38(12)56(80)71-28-22-21-23-42(71)57(81)68(15)48(34(7)8)55(79)65-46(32(3)4)59(83)66(13)43(30-45(73)74)58(82)70(17)50(36(10)20-2)60(84)69(49)16/h24-27,32-38,41-43,46-50H,19-23,28-31H2,1-18H3,(H,61,77)(H,62,76)(H,63,75)(H,64,78)(H,65,79)(H,73,74)/t35?,36?,37-,38-,41-,42?,43-,46-,47-,48-,49-,50-/m0/s1.